The molecule has 0 spiro atoms. The summed E-state index contributed by atoms with van der Waals surface area (Å²) in [5.74, 6) is 0.0201. The first-order valence-electron chi connectivity index (χ1n) is 5.52. The van der Waals surface area contributed by atoms with Gasteiger partial charge < -0.3 is 4.74 Å². The van der Waals surface area contributed by atoms with Gasteiger partial charge in [-0.25, -0.2) is 0 Å². The highest BCUT2D eigenvalue weighted by Gasteiger charge is 2.08. The van der Waals surface area contributed by atoms with Crippen molar-refractivity contribution in [3.63, 3.8) is 0 Å². The summed E-state index contributed by atoms with van der Waals surface area (Å²) in [6, 6.07) is 9.44. The van der Waals surface area contributed by atoms with Crippen molar-refractivity contribution in [2.45, 2.75) is 6.42 Å². The minimum Gasteiger partial charge on any atom is -0.373 e. The van der Waals surface area contributed by atoms with Gasteiger partial charge in [-0.1, -0.05) is 6.07 Å². The zero-order valence-electron chi connectivity index (χ0n) is 9.64. The molecule has 0 amide bonds. The van der Waals surface area contributed by atoms with E-state index in [1.807, 2.05) is 24.3 Å². The number of aromatic nitrogens is 1. The van der Waals surface area contributed by atoms with Crippen molar-refractivity contribution in [2.75, 3.05) is 13.2 Å². The molecule has 2 aromatic heterocycles. The van der Waals surface area contributed by atoms with Crippen LogP contribution in [0.25, 0.3) is 0 Å². The van der Waals surface area contributed by atoms with E-state index in [1.54, 1.807) is 12.3 Å². The molecule has 0 atom stereocenters. The van der Waals surface area contributed by atoms with Gasteiger partial charge in [-0.3, -0.25) is 9.78 Å². The number of pyridine rings is 1. The highest BCUT2D eigenvalue weighted by molar-refractivity contribution is 9.11. The van der Waals surface area contributed by atoms with Crippen molar-refractivity contribution in [2.24, 2.45) is 0 Å². The van der Waals surface area contributed by atoms with Crippen molar-refractivity contribution in [3.05, 3.63) is 50.9 Å². The summed E-state index contributed by atoms with van der Waals surface area (Å²) < 4.78 is 6.32. The molecule has 18 heavy (non-hydrogen) atoms. The van der Waals surface area contributed by atoms with Gasteiger partial charge in [-0.05, 0) is 40.2 Å². The van der Waals surface area contributed by atoms with Crippen LogP contribution in [-0.4, -0.2) is 24.0 Å². The molecule has 0 saturated carbocycles. The van der Waals surface area contributed by atoms with Gasteiger partial charge in [0.15, 0.2) is 5.78 Å². The normalized spacial score (nSPS) is 10.5. The molecule has 0 N–H and O–H groups in total. The Morgan fingerprint density at radius 2 is 2.22 bits per heavy atom. The van der Waals surface area contributed by atoms with E-state index in [9.17, 15) is 4.79 Å². The first-order chi connectivity index (χ1) is 8.75. The monoisotopic (exact) mass is 325 g/mol. The lowest BCUT2D eigenvalue weighted by Gasteiger charge is -2.02. The van der Waals surface area contributed by atoms with Crippen LogP contribution in [0, 0.1) is 0 Å². The minimum atomic E-state index is 0.0201. The minimum absolute atomic E-state index is 0.0201. The first-order valence-corrected chi connectivity index (χ1v) is 7.13. The fourth-order valence-electron chi connectivity index (χ4n) is 1.42. The Bertz CT molecular complexity index is 513. The van der Waals surface area contributed by atoms with Crippen molar-refractivity contribution in [1.82, 2.24) is 4.98 Å². The Labute approximate surface area is 118 Å². The number of hydrogen-bond donors (Lipinski definition) is 0. The van der Waals surface area contributed by atoms with E-state index < -0.39 is 0 Å². The topological polar surface area (TPSA) is 39.2 Å². The Hall–Kier alpha value is -1.04. The van der Waals surface area contributed by atoms with Crippen molar-refractivity contribution < 1.29 is 9.53 Å². The highest BCUT2D eigenvalue weighted by atomic mass is 79.9. The van der Waals surface area contributed by atoms with E-state index in [-0.39, 0.29) is 12.4 Å². The third kappa shape index (κ3) is 4.01. The summed E-state index contributed by atoms with van der Waals surface area (Å²) >= 11 is 4.76. The number of rotatable bonds is 6. The zero-order valence-corrected chi connectivity index (χ0v) is 12.0. The van der Waals surface area contributed by atoms with Crippen molar-refractivity contribution in [1.29, 1.82) is 0 Å². The largest absolute Gasteiger partial charge is 0.373 e. The number of carbonyl (C=O) groups excluding carboxylic acids is 1. The molecule has 0 saturated heterocycles. The van der Waals surface area contributed by atoms with E-state index in [1.165, 1.54) is 11.3 Å². The molecule has 2 rings (SSSR count). The maximum absolute atomic E-state index is 11.7. The number of ether oxygens (including phenoxy) is 1. The molecule has 3 nitrogen and oxygen atoms in total. The van der Waals surface area contributed by atoms with Crippen LogP contribution in [0.2, 0.25) is 0 Å². The van der Waals surface area contributed by atoms with Crippen LogP contribution in [0.15, 0.2) is 40.3 Å². The molecule has 0 radical (unpaired) electrons. The molecular weight excluding hydrogens is 314 g/mol. The second-order valence-electron chi connectivity index (χ2n) is 3.65. The van der Waals surface area contributed by atoms with Gasteiger partial charge in [0, 0.05) is 18.3 Å². The van der Waals surface area contributed by atoms with Crippen molar-refractivity contribution in [3.8, 4) is 0 Å². The van der Waals surface area contributed by atoms with E-state index in [0.717, 1.165) is 20.8 Å². The second kappa shape index (κ2) is 6.78. The highest BCUT2D eigenvalue weighted by Crippen LogP contribution is 2.22. The van der Waals surface area contributed by atoms with E-state index >= 15 is 0 Å². The number of thiophene rings is 1. The number of halogens is 1. The van der Waals surface area contributed by atoms with Gasteiger partial charge in [-0.2, -0.15) is 0 Å². The molecule has 2 heterocycles. The Kier molecular flexibility index (Phi) is 5.04. The van der Waals surface area contributed by atoms with Gasteiger partial charge >= 0.3 is 0 Å². The zero-order chi connectivity index (χ0) is 12.8. The Morgan fingerprint density at radius 3 is 2.89 bits per heavy atom. The Balaban J connectivity index is 1.71. The maximum atomic E-state index is 11.7. The van der Waals surface area contributed by atoms with Gasteiger partial charge in [-0.15, -0.1) is 11.3 Å². The van der Waals surface area contributed by atoms with Gasteiger partial charge in [0.05, 0.1) is 15.3 Å². The Morgan fingerprint density at radius 1 is 1.33 bits per heavy atom. The van der Waals surface area contributed by atoms with Crippen LogP contribution in [0.1, 0.15) is 15.4 Å². The number of nitrogens with zero attached hydrogens (tertiary/aromatic N) is 1. The predicted octanol–water partition coefficient (Wildman–Crippen LogP) is 3.35. The summed E-state index contributed by atoms with van der Waals surface area (Å²) in [5.41, 5.74) is 0.976. The molecule has 5 heteroatoms. The lowest BCUT2D eigenvalue weighted by Crippen LogP contribution is -2.09. The fraction of sp³-hybridized carbons (Fsp3) is 0.231. The van der Waals surface area contributed by atoms with Crippen LogP contribution in [-0.2, 0) is 11.2 Å². The van der Waals surface area contributed by atoms with Gasteiger partial charge in [0.1, 0.15) is 6.61 Å². The third-order valence-corrected chi connectivity index (χ3v) is 3.97. The summed E-state index contributed by atoms with van der Waals surface area (Å²) in [4.78, 5) is 16.6. The van der Waals surface area contributed by atoms with E-state index in [0.29, 0.717) is 6.61 Å². The van der Waals surface area contributed by atoms with Gasteiger partial charge in [0.25, 0.3) is 0 Å². The average molecular weight is 326 g/mol. The molecule has 0 aliphatic carbocycles. The SMILES string of the molecule is O=C(COCCc1ccccn1)c1ccc(Br)s1. The molecule has 0 aliphatic rings. The summed E-state index contributed by atoms with van der Waals surface area (Å²) in [6.07, 6.45) is 2.48. The first kappa shape index (κ1) is 13.4. The molecule has 0 aromatic carbocycles. The number of ketones is 1. The lowest BCUT2D eigenvalue weighted by atomic mass is 10.3. The van der Waals surface area contributed by atoms with E-state index in [2.05, 4.69) is 20.9 Å². The number of Topliss-reactive ketones (excluding diaryl/α,β-unsaturated/α-hetero) is 1. The fourth-order valence-corrected chi connectivity index (χ4v) is 2.73. The van der Waals surface area contributed by atoms with Gasteiger partial charge in [0.2, 0.25) is 0 Å². The second-order valence-corrected chi connectivity index (χ2v) is 6.11. The molecule has 94 valence electrons. The van der Waals surface area contributed by atoms with E-state index in [4.69, 9.17) is 4.74 Å². The summed E-state index contributed by atoms with van der Waals surface area (Å²) in [6.45, 7) is 0.634. The van der Waals surface area contributed by atoms with Crippen LogP contribution in [0.3, 0.4) is 0 Å². The number of hydrogen-bond acceptors (Lipinski definition) is 4. The quantitative estimate of drug-likeness (QED) is 0.604. The average Bonchev–Trinajstić information content (AvgIpc) is 2.82. The molecule has 0 bridgehead atoms. The van der Waals surface area contributed by atoms with Crippen LogP contribution >= 0.6 is 27.3 Å². The molecule has 2 aromatic rings. The van der Waals surface area contributed by atoms with Crippen LogP contribution in [0.5, 0.6) is 0 Å². The predicted molar refractivity (Wildman–Crippen MR) is 75.1 cm³/mol. The molecule has 0 fully saturated rings. The third-order valence-electron chi connectivity index (χ3n) is 2.31. The lowest BCUT2D eigenvalue weighted by molar-refractivity contribution is 0.0768. The standard InChI is InChI=1S/C13H12BrNO2S/c14-13-5-4-12(18-13)11(16)9-17-8-6-10-3-1-2-7-15-10/h1-5,7H,6,8-9H2. The molecule has 0 aliphatic heterocycles. The molecular formula is C13H12BrNO2S. The summed E-state index contributed by atoms with van der Waals surface area (Å²) in [5, 5.41) is 0. The molecule has 0 unspecified atom stereocenters. The van der Waals surface area contributed by atoms with Crippen LogP contribution < -0.4 is 0 Å². The smallest absolute Gasteiger partial charge is 0.198 e. The summed E-state index contributed by atoms with van der Waals surface area (Å²) in [7, 11) is 0. The number of carbonyl (C=O) groups is 1. The van der Waals surface area contributed by atoms with Crippen LogP contribution in [0.4, 0.5) is 0 Å². The van der Waals surface area contributed by atoms with Crippen molar-refractivity contribution >= 4 is 33.0 Å². The maximum Gasteiger partial charge on any atom is 0.198 e.